The van der Waals surface area contributed by atoms with Crippen molar-refractivity contribution in [3.05, 3.63) is 0 Å². The molecule has 2 atom stereocenters. The molecular weight excluding hydrogens is 228 g/mol. The summed E-state index contributed by atoms with van der Waals surface area (Å²) < 4.78 is 0. The van der Waals surface area contributed by atoms with Crippen LogP contribution in [-0.2, 0) is 4.79 Å². The monoisotopic (exact) mass is 256 g/mol. The van der Waals surface area contributed by atoms with Crippen LogP contribution in [0.2, 0.25) is 0 Å². The first-order valence-electron chi connectivity index (χ1n) is 7.22. The lowest BCUT2D eigenvalue weighted by Crippen LogP contribution is -2.42. The van der Waals surface area contributed by atoms with Gasteiger partial charge >= 0.3 is 0 Å². The Balaban J connectivity index is 2.36. The van der Waals surface area contributed by atoms with Crippen LogP contribution in [0.3, 0.4) is 0 Å². The number of rotatable bonds is 6. The summed E-state index contributed by atoms with van der Waals surface area (Å²) in [5.41, 5.74) is 0. The zero-order valence-corrected chi connectivity index (χ0v) is 12.1. The van der Waals surface area contributed by atoms with Gasteiger partial charge < -0.3 is 10.0 Å². The number of carbonyl (C=O) groups is 1. The zero-order chi connectivity index (χ0) is 13.5. The van der Waals surface area contributed by atoms with Gasteiger partial charge in [0.2, 0.25) is 5.91 Å². The molecule has 1 amide bonds. The molecule has 0 saturated heterocycles. The molecule has 4 heteroatoms. The molecule has 1 aliphatic carbocycles. The Morgan fingerprint density at radius 1 is 1.22 bits per heavy atom. The molecule has 0 spiro atoms. The smallest absolute Gasteiger partial charge is 0.236 e. The van der Waals surface area contributed by atoms with Crippen molar-refractivity contribution in [1.82, 2.24) is 9.80 Å². The Morgan fingerprint density at radius 3 is 2.39 bits per heavy atom. The summed E-state index contributed by atoms with van der Waals surface area (Å²) in [6, 6.07) is 0. The lowest BCUT2D eigenvalue weighted by atomic mass is 9.86. The molecule has 1 fully saturated rings. The second-order valence-corrected chi connectivity index (χ2v) is 5.37. The molecule has 1 saturated carbocycles. The average molecular weight is 256 g/mol. The van der Waals surface area contributed by atoms with Crippen LogP contribution in [0.15, 0.2) is 0 Å². The van der Waals surface area contributed by atoms with Crippen LogP contribution in [0.4, 0.5) is 0 Å². The number of carbonyl (C=O) groups excluding carboxylic acids is 1. The summed E-state index contributed by atoms with van der Waals surface area (Å²) in [7, 11) is 1.97. The van der Waals surface area contributed by atoms with E-state index in [2.05, 4.69) is 4.90 Å². The number of amides is 1. The Bertz CT molecular complexity index is 254. The van der Waals surface area contributed by atoms with E-state index in [1.807, 2.05) is 25.8 Å². The van der Waals surface area contributed by atoms with Crippen molar-refractivity contribution in [3.63, 3.8) is 0 Å². The van der Waals surface area contributed by atoms with Crippen LogP contribution in [0, 0.1) is 5.92 Å². The SMILES string of the molecule is CCN(CC)C(=O)CN(C)CC1CCCCC1O. The van der Waals surface area contributed by atoms with Gasteiger partial charge in [0, 0.05) is 19.6 Å². The van der Waals surface area contributed by atoms with E-state index in [-0.39, 0.29) is 12.0 Å². The molecule has 0 aromatic rings. The van der Waals surface area contributed by atoms with Gasteiger partial charge in [0.25, 0.3) is 0 Å². The molecule has 0 aromatic carbocycles. The van der Waals surface area contributed by atoms with E-state index in [1.54, 1.807) is 0 Å². The predicted octanol–water partition coefficient (Wildman–Crippen LogP) is 1.34. The average Bonchev–Trinajstić information content (AvgIpc) is 2.33. The van der Waals surface area contributed by atoms with Crippen molar-refractivity contribution >= 4 is 5.91 Å². The molecule has 106 valence electrons. The summed E-state index contributed by atoms with van der Waals surface area (Å²) in [6.45, 7) is 6.85. The second-order valence-electron chi connectivity index (χ2n) is 5.37. The van der Waals surface area contributed by atoms with E-state index in [0.29, 0.717) is 12.5 Å². The van der Waals surface area contributed by atoms with Crippen LogP contribution >= 0.6 is 0 Å². The van der Waals surface area contributed by atoms with Crippen LogP contribution < -0.4 is 0 Å². The number of aliphatic hydroxyl groups is 1. The molecule has 0 bridgehead atoms. The third-order valence-corrected chi connectivity index (χ3v) is 3.94. The Labute approximate surface area is 111 Å². The van der Waals surface area contributed by atoms with Gasteiger partial charge in [0.1, 0.15) is 0 Å². The minimum absolute atomic E-state index is 0.176. The Hall–Kier alpha value is -0.610. The lowest BCUT2D eigenvalue weighted by molar-refractivity contribution is -0.132. The first-order chi connectivity index (χ1) is 8.58. The first-order valence-corrected chi connectivity index (χ1v) is 7.22. The number of hydrogen-bond acceptors (Lipinski definition) is 3. The molecule has 0 heterocycles. The highest BCUT2D eigenvalue weighted by Gasteiger charge is 2.25. The van der Waals surface area contributed by atoms with Crippen molar-refractivity contribution in [2.75, 3.05) is 33.2 Å². The molecule has 2 unspecified atom stereocenters. The van der Waals surface area contributed by atoms with E-state index >= 15 is 0 Å². The van der Waals surface area contributed by atoms with E-state index < -0.39 is 0 Å². The number of nitrogens with zero attached hydrogens (tertiary/aromatic N) is 2. The quantitative estimate of drug-likeness (QED) is 0.780. The van der Waals surface area contributed by atoms with Crippen molar-refractivity contribution in [2.45, 2.75) is 45.6 Å². The molecule has 0 radical (unpaired) electrons. The van der Waals surface area contributed by atoms with Crippen LogP contribution in [0.25, 0.3) is 0 Å². The fourth-order valence-electron chi connectivity index (χ4n) is 2.77. The van der Waals surface area contributed by atoms with Gasteiger partial charge in [-0.05, 0) is 39.7 Å². The molecule has 1 N–H and O–H groups in total. The van der Waals surface area contributed by atoms with Crippen molar-refractivity contribution in [2.24, 2.45) is 5.92 Å². The lowest BCUT2D eigenvalue weighted by Gasteiger charge is -2.31. The maximum absolute atomic E-state index is 12.0. The summed E-state index contributed by atoms with van der Waals surface area (Å²) in [5, 5.41) is 9.93. The van der Waals surface area contributed by atoms with Gasteiger partial charge in [-0.3, -0.25) is 9.69 Å². The third-order valence-electron chi connectivity index (χ3n) is 3.94. The van der Waals surface area contributed by atoms with Crippen LogP contribution in [-0.4, -0.2) is 60.1 Å². The highest BCUT2D eigenvalue weighted by molar-refractivity contribution is 5.78. The molecule has 1 rings (SSSR count). The largest absolute Gasteiger partial charge is 0.393 e. The Kier molecular flexibility index (Phi) is 6.65. The summed E-state index contributed by atoms with van der Waals surface area (Å²) >= 11 is 0. The number of likely N-dealkylation sites (N-methyl/N-ethyl adjacent to an activating group) is 2. The summed E-state index contributed by atoms with van der Waals surface area (Å²) in [6.07, 6.45) is 4.18. The maximum atomic E-state index is 12.0. The fraction of sp³-hybridized carbons (Fsp3) is 0.929. The Morgan fingerprint density at radius 2 is 1.83 bits per heavy atom. The summed E-state index contributed by atoms with van der Waals surface area (Å²) in [5.74, 6) is 0.529. The highest BCUT2D eigenvalue weighted by Crippen LogP contribution is 2.24. The summed E-state index contributed by atoms with van der Waals surface area (Å²) in [4.78, 5) is 15.9. The molecule has 0 aromatic heterocycles. The first kappa shape index (κ1) is 15.4. The van der Waals surface area contributed by atoms with Gasteiger partial charge in [-0.15, -0.1) is 0 Å². The predicted molar refractivity (Wildman–Crippen MR) is 73.4 cm³/mol. The van der Waals surface area contributed by atoms with Gasteiger partial charge in [0.15, 0.2) is 0 Å². The number of aliphatic hydroxyl groups excluding tert-OH is 1. The van der Waals surface area contributed by atoms with Crippen molar-refractivity contribution < 1.29 is 9.90 Å². The van der Waals surface area contributed by atoms with E-state index in [0.717, 1.165) is 38.9 Å². The molecule has 18 heavy (non-hydrogen) atoms. The third kappa shape index (κ3) is 4.58. The minimum Gasteiger partial charge on any atom is -0.393 e. The van der Waals surface area contributed by atoms with Crippen molar-refractivity contribution in [3.8, 4) is 0 Å². The number of hydrogen-bond donors (Lipinski definition) is 1. The van der Waals surface area contributed by atoms with Crippen LogP contribution in [0.1, 0.15) is 39.5 Å². The van der Waals surface area contributed by atoms with Crippen molar-refractivity contribution in [1.29, 1.82) is 0 Å². The van der Waals surface area contributed by atoms with Gasteiger partial charge in [-0.2, -0.15) is 0 Å². The van der Waals surface area contributed by atoms with E-state index in [4.69, 9.17) is 0 Å². The highest BCUT2D eigenvalue weighted by atomic mass is 16.3. The van der Waals surface area contributed by atoms with Gasteiger partial charge in [0.05, 0.1) is 12.6 Å². The minimum atomic E-state index is -0.176. The fourth-order valence-corrected chi connectivity index (χ4v) is 2.77. The molecule has 0 aliphatic heterocycles. The standard InChI is InChI=1S/C14H28N2O2/c1-4-16(5-2)14(18)11-15(3)10-12-8-6-7-9-13(12)17/h12-13,17H,4-11H2,1-3H3. The van der Waals surface area contributed by atoms with Crippen LogP contribution in [0.5, 0.6) is 0 Å². The molecule has 4 nitrogen and oxygen atoms in total. The van der Waals surface area contributed by atoms with Gasteiger partial charge in [-0.1, -0.05) is 12.8 Å². The second kappa shape index (κ2) is 7.74. The topological polar surface area (TPSA) is 43.8 Å². The molecular formula is C14H28N2O2. The van der Waals surface area contributed by atoms with Gasteiger partial charge in [-0.25, -0.2) is 0 Å². The molecule has 1 aliphatic rings. The normalized spacial score (nSPS) is 24.3. The zero-order valence-electron chi connectivity index (χ0n) is 12.1. The maximum Gasteiger partial charge on any atom is 0.236 e. The van der Waals surface area contributed by atoms with E-state index in [9.17, 15) is 9.90 Å². The van der Waals surface area contributed by atoms with E-state index in [1.165, 1.54) is 6.42 Å².